The summed E-state index contributed by atoms with van der Waals surface area (Å²) in [6.07, 6.45) is 6.13. The molecular weight excluding hydrogens is 606 g/mol. The molecule has 14 nitrogen and oxygen atoms in total. The quantitative estimate of drug-likeness (QED) is 0.154. The van der Waals surface area contributed by atoms with E-state index >= 15 is 0 Å². The lowest BCUT2D eigenvalue weighted by molar-refractivity contribution is -0.305. The molecule has 0 aromatic carbocycles. The number of esters is 1. The molecule has 4 unspecified atom stereocenters. The van der Waals surface area contributed by atoms with Crippen molar-refractivity contribution in [1.82, 2.24) is 0 Å². The number of carboxylic acids is 1. The first-order valence-electron chi connectivity index (χ1n) is 15.4. The van der Waals surface area contributed by atoms with Gasteiger partial charge in [-0.15, -0.1) is 0 Å². The number of cyclic esters (lactones) is 1. The molecule has 13 atom stereocenters. The van der Waals surface area contributed by atoms with Crippen molar-refractivity contribution in [3.8, 4) is 0 Å². The van der Waals surface area contributed by atoms with Gasteiger partial charge in [-0.1, -0.05) is 48.6 Å². The number of aliphatic hydroxyl groups is 5. The number of carbonyl (C=O) groups is 2. The highest BCUT2D eigenvalue weighted by Crippen LogP contribution is 2.39. The molecule has 14 heteroatoms. The molecule has 3 fully saturated rings. The van der Waals surface area contributed by atoms with Gasteiger partial charge in [0.2, 0.25) is 0 Å². The van der Waals surface area contributed by atoms with E-state index in [0.717, 1.165) is 0 Å². The summed E-state index contributed by atoms with van der Waals surface area (Å²) in [4.78, 5) is 24.4. The molecule has 4 heterocycles. The van der Waals surface area contributed by atoms with E-state index in [0.29, 0.717) is 6.42 Å². The van der Waals surface area contributed by atoms with Crippen LogP contribution in [-0.4, -0.2) is 122 Å². The number of nitrogens with two attached hydrogens (primary N) is 1. The van der Waals surface area contributed by atoms with E-state index < -0.39 is 91.2 Å². The van der Waals surface area contributed by atoms with Crippen molar-refractivity contribution in [2.24, 2.45) is 11.7 Å². The summed E-state index contributed by atoms with van der Waals surface area (Å²) in [5, 5.41) is 63.4. The Hall–Kier alpha value is -2.76. The largest absolute Gasteiger partial charge is 0.481 e. The van der Waals surface area contributed by atoms with Crippen molar-refractivity contribution < 1.29 is 63.9 Å². The van der Waals surface area contributed by atoms with E-state index in [9.17, 15) is 40.2 Å². The summed E-state index contributed by atoms with van der Waals surface area (Å²) >= 11 is 0. The lowest BCUT2D eigenvalue weighted by Gasteiger charge is -2.44. The molecule has 0 spiro atoms. The molecule has 8 N–H and O–H groups in total. The van der Waals surface area contributed by atoms with Crippen molar-refractivity contribution in [2.45, 2.75) is 112 Å². The van der Waals surface area contributed by atoms with Crippen molar-refractivity contribution >= 4 is 11.9 Å². The molecule has 0 aromatic heterocycles. The molecule has 2 bridgehead atoms. The zero-order chi connectivity index (χ0) is 33.4. The Balaban J connectivity index is 1.57. The third kappa shape index (κ3) is 10.4. The first-order valence-corrected chi connectivity index (χ1v) is 15.4. The van der Waals surface area contributed by atoms with Crippen LogP contribution in [0.3, 0.4) is 0 Å². The number of fused-ring (bicyclic) bond motifs is 3. The highest BCUT2D eigenvalue weighted by molar-refractivity contribution is 5.82. The Kier molecular flexibility index (Phi) is 12.8. The minimum atomic E-state index is -2.09. The van der Waals surface area contributed by atoms with Crippen LogP contribution in [0.4, 0.5) is 0 Å². The van der Waals surface area contributed by atoms with Gasteiger partial charge in [-0.25, -0.2) is 4.79 Å². The number of carbonyl (C=O) groups excluding carboxylic acids is 1. The number of aliphatic carboxylic acids is 1. The molecule has 0 radical (unpaired) electrons. The van der Waals surface area contributed by atoms with Crippen molar-refractivity contribution in [3.05, 3.63) is 60.8 Å². The molecule has 4 rings (SSSR count). The molecule has 0 saturated carbocycles. The maximum Gasteiger partial charge on any atom is 0.330 e. The number of hydrogen-bond donors (Lipinski definition) is 7. The third-order valence-electron chi connectivity index (χ3n) is 8.23. The fraction of sp³-hybridized carbons (Fsp3) is 0.625. The maximum absolute atomic E-state index is 12.2. The van der Waals surface area contributed by atoms with Crippen LogP contribution in [0.25, 0.3) is 0 Å². The smallest absolute Gasteiger partial charge is 0.330 e. The average Bonchev–Trinajstić information content (AvgIpc) is 3.71. The number of carboxylic acid groups (broad SMARTS) is 1. The van der Waals surface area contributed by atoms with Gasteiger partial charge in [0.25, 0.3) is 0 Å². The van der Waals surface area contributed by atoms with Gasteiger partial charge in [0.1, 0.15) is 24.2 Å². The van der Waals surface area contributed by atoms with Gasteiger partial charge in [-0.2, -0.15) is 0 Å². The number of hydrogen-bond acceptors (Lipinski definition) is 13. The van der Waals surface area contributed by atoms with Crippen LogP contribution in [0, 0.1) is 5.92 Å². The summed E-state index contributed by atoms with van der Waals surface area (Å²) in [6.45, 7) is 1.57. The van der Waals surface area contributed by atoms with Crippen LogP contribution in [0.2, 0.25) is 0 Å². The first kappa shape index (κ1) is 36.1. The topological polar surface area (TPSA) is 231 Å². The van der Waals surface area contributed by atoms with E-state index in [1.165, 1.54) is 12.2 Å². The standard InChI is InChI=1S/C32H45NO13/c1-18-9-7-5-3-2-4-6-8-10-20(44-31-29(38)28(33)22(36)17-42-31)14-25-27(30(39)40)21(35)16-32(41,46-25)15-19(34)13-24-23(45-24)11-12-26(37)43-18/h2-8,10-12,18-25,27-29,31,34-36,38,41H,9,13-17,33H2,1H3,(H,39,40)/b3-2+,6-4+,7-5+,10-8+,12-11+/t18-,19?,20+,21+,22-,23-,24?,25+,27-,28+,29+,31?,32?/m1/s1. The predicted octanol–water partition coefficient (Wildman–Crippen LogP) is -0.269. The highest BCUT2D eigenvalue weighted by Gasteiger charge is 2.51. The Morgan fingerprint density at radius 3 is 2.43 bits per heavy atom. The number of aliphatic hydroxyl groups excluding tert-OH is 4. The molecule has 4 aliphatic rings. The second-order valence-electron chi connectivity index (χ2n) is 12.1. The highest BCUT2D eigenvalue weighted by atomic mass is 16.7. The van der Waals surface area contributed by atoms with E-state index in [-0.39, 0.29) is 32.0 Å². The number of epoxide rings is 1. The fourth-order valence-corrected chi connectivity index (χ4v) is 5.75. The Morgan fingerprint density at radius 2 is 1.70 bits per heavy atom. The van der Waals surface area contributed by atoms with Crippen LogP contribution in [-0.2, 0) is 33.3 Å². The van der Waals surface area contributed by atoms with Gasteiger partial charge in [-0.05, 0) is 13.0 Å². The fourth-order valence-electron chi connectivity index (χ4n) is 5.75. The van der Waals surface area contributed by atoms with E-state index in [1.54, 1.807) is 49.5 Å². The lowest BCUT2D eigenvalue weighted by atomic mass is 9.83. The minimum Gasteiger partial charge on any atom is -0.481 e. The third-order valence-corrected chi connectivity index (χ3v) is 8.23. The molecule has 0 aliphatic carbocycles. The van der Waals surface area contributed by atoms with Crippen LogP contribution >= 0.6 is 0 Å². The van der Waals surface area contributed by atoms with Gasteiger partial charge in [0, 0.05) is 38.2 Å². The molecule has 0 amide bonds. The van der Waals surface area contributed by atoms with Crippen LogP contribution in [0.5, 0.6) is 0 Å². The van der Waals surface area contributed by atoms with Gasteiger partial charge in [0.15, 0.2) is 12.1 Å². The lowest BCUT2D eigenvalue weighted by Crippen LogP contribution is -2.59. The molecule has 4 aliphatic heterocycles. The van der Waals surface area contributed by atoms with Gasteiger partial charge in [0.05, 0.1) is 49.3 Å². The summed E-state index contributed by atoms with van der Waals surface area (Å²) in [5.41, 5.74) is 5.88. The zero-order valence-corrected chi connectivity index (χ0v) is 25.6. The van der Waals surface area contributed by atoms with Crippen molar-refractivity contribution in [3.63, 3.8) is 0 Å². The molecule has 256 valence electrons. The molecule has 46 heavy (non-hydrogen) atoms. The van der Waals surface area contributed by atoms with Crippen LogP contribution in [0.15, 0.2) is 60.8 Å². The van der Waals surface area contributed by atoms with Crippen LogP contribution < -0.4 is 5.73 Å². The average molecular weight is 652 g/mol. The van der Waals surface area contributed by atoms with E-state index in [4.69, 9.17) is 29.4 Å². The Bertz CT molecular complexity index is 1190. The van der Waals surface area contributed by atoms with E-state index in [2.05, 4.69) is 0 Å². The monoisotopic (exact) mass is 651 g/mol. The van der Waals surface area contributed by atoms with Crippen LogP contribution in [0.1, 0.15) is 39.0 Å². The maximum atomic E-state index is 12.2. The van der Waals surface area contributed by atoms with Gasteiger partial charge >= 0.3 is 11.9 Å². The second-order valence-corrected chi connectivity index (χ2v) is 12.1. The summed E-state index contributed by atoms with van der Waals surface area (Å²) in [7, 11) is 0. The van der Waals surface area contributed by atoms with Crippen molar-refractivity contribution in [1.29, 1.82) is 0 Å². The molecular formula is C32H45NO13. The second kappa shape index (κ2) is 16.4. The predicted molar refractivity (Wildman–Crippen MR) is 161 cm³/mol. The van der Waals surface area contributed by atoms with E-state index in [1.807, 2.05) is 6.08 Å². The first-order chi connectivity index (χ1) is 21.8. The number of allylic oxidation sites excluding steroid dienone is 6. The number of ether oxygens (including phenoxy) is 5. The summed E-state index contributed by atoms with van der Waals surface area (Å²) < 4.78 is 28.2. The summed E-state index contributed by atoms with van der Waals surface area (Å²) in [5.74, 6) is -5.43. The van der Waals surface area contributed by atoms with Crippen molar-refractivity contribution in [2.75, 3.05) is 6.61 Å². The Morgan fingerprint density at radius 1 is 0.978 bits per heavy atom. The minimum absolute atomic E-state index is 0.0807. The zero-order valence-electron chi connectivity index (χ0n) is 25.6. The van der Waals surface area contributed by atoms with Gasteiger partial charge in [-0.3, -0.25) is 4.79 Å². The molecule has 0 aromatic rings. The normalized spacial score (nSPS) is 46.4. The SMILES string of the molecule is C[C@@H]1C/C=C/C=C/C=C/C=C/[C@H](OC2OC[C@@H](O)[C@H](N)[C@@H]2O)C[C@@H]2OC(O)(CC(O)CC3O[C@@H]3/C=C/C(=O)O1)C[C@H](O)[C@H]2C(=O)O. The summed E-state index contributed by atoms with van der Waals surface area (Å²) in [6, 6.07) is -1.05. The molecule has 3 saturated heterocycles. The Labute approximate surface area is 267 Å². The van der Waals surface area contributed by atoms with Gasteiger partial charge < -0.3 is 60.1 Å². The number of rotatable bonds is 3.